The molecular formula is C40H38F6O7. The van der Waals surface area contributed by atoms with Crippen molar-refractivity contribution >= 4 is 18.0 Å². The molecule has 7 nitrogen and oxygen atoms in total. The fraction of sp³-hybridized carbons (Fsp3) is 0.300. The van der Waals surface area contributed by atoms with Gasteiger partial charge >= 0.3 is 24.3 Å². The van der Waals surface area contributed by atoms with Crippen LogP contribution in [0.5, 0.6) is 5.75 Å². The normalized spacial score (nSPS) is 15.6. The summed E-state index contributed by atoms with van der Waals surface area (Å²) in [7, 11) is 2.94. The predicted molar refractivity (Wildman–Crippen MR) is 184 cm³/mol. The molecule has 0 aromatic heterocycles. The van der Waals surface area contributed by atoms with Crippen LogP contribution in [0.15, 0.2) is 121 Å². The number of alkyl halides is 6. The van der Waals surface area contributed by atoms with Gasteiger partial charge in [-0.05, 0) is 36.1 Å². The molecule has 4 rings (SSSR count). The van der Waals surface area contributed by atoms with Crippen molar-refractivity contribution in [1.29, 1.82) is 0 Å². The van der Waals surface area contributed by atoms with Gasteiger partial charge < -0.3 is 23.7 Å². The van der Waals surface area contributed by atoms with Crippen LogP contribution in [0.3, 0.4) is 0 Å². The first-order valence-electron chi connectivity index (χ1n) is 16.3. The van der Waals surface area contributed by atoms with E-state index < -0.39 is 58.8 Å². The molecule has 0 aliphatic heterocycles. The fourth-order valence-corrected chi connectivity index (χ4v) is 5.76. The van der Waals surface area contributed by atoms with Crippen molar-refractivity contribution in [2.75, 3.05) is 21.3 Å². The van der Waals surface area contributed by atoms with Crippen molar-refractivity contribution in [2.45, 2.75) is 55.0 Å². The lowest BCUT2D eigenvalue weighted by atomic mass is 9.92. The molecule has 0 saturated carbocycles. The zero-order valence-electron chi connectivity index (χ0n) is 29.0. The van der Waals surface area contributed by atoms with Gasteiger partial charge in [-0.2, -0.15) is 26.3 Å². The average molecular weight is 745 g/mol. The number of aryl methyl sites for hydroxylation is 1. The van der Waals surface area contributed by atoms with Crippen LogP contribution in [0.2, 0.25) is 0 Å². The van der Waals surface area contributed by atoms with Crippen LogP contribution in [0.4, 0.5) is 26.3 Å². The lowest BCUT2D eigenvalue weighted by Gasteiger charge is -2.34. The van der Waals surface area contributed by atoms with Crippen molar-refractivity contribution in [2.24, 2.45) is 0 Å². The van der Waals surface area contributed by atoms with Crippen LogP contribution in [0.25, 0.3) is 6.08 Å². The van der Waals surface area contributed by atoms with Gasteiger partial charge in [0.2, 0.25) is 0 Å². The van der Waals surface area contributed by atoms with E-state index in [9.17, 15) is 35.9 Å². The van der Waals surface area contributed by atoms with Crippen LogP contribution in [0.1, 0.15) is 35.1 Å². The first-order valence-corrected chi connectivity index (χ1v) is 16.3. The molecule has 282 valence electrons. The molecule has 0 N–H and O–H groups in total. The van der Waals surface area contributed by atoms with E-state index in [1.54, 1.807) is 12.2 Å². The molecule has 0 aliphatic carbocycles. The second kappa shape index (κ2) is 17.7. The van der Waals surface area contributed by atoms with E-state index in [2.05, 4.69) is 0 Å². The molecule has 13 heteroatoms. The summed E-state index contributed by atoms with van der Waals surface area (Å²) in [6.45, 7) is 0. The average Bonchev–Trinajstić information content (AvgIpc) is 3.14. The van der Waals surface area contributed by atoms with Crippen molar-refractivity contribution in [1.82, 2.24) is 0 Å². The number of hydrogen-bond acceptors (Lipinski definition) is 7. The zero-order valence-corrected chi connectivity index (χ0v) is 29.0. The molecular weight excluding hydrogens is 706 g/mol. The maximum absolute atomic E-state index is 14.7. The first-order chi connectivity index (χ1) is 25.2. The lowest BCUT2D eigenvalue weighted by molar-refractivity contribution is -0.278. The number of methoxy groups -OCH3 is 3. The summed E-state index contributed by atoms with van der Waals surface area (Å²) < 4.78 is 113. The highest BCUT2D eigenvalue weighted by molar-refractivity contribution is 5.85. The van der Waals surface area contributed by atoms with Crippen LogP contribution in [-0.4, -0.2) is 57.8 Å². The van der Waals surface area contributed by atoms with Gasteiger partial charge in [-0.1, -0.05) is 115 Å². The summed E-state index contributed by atoms with van der Waals surface area (Å²) >= 11 is 0. The second-order valence-corrected chi connectivity index (χ2v) is 11.9. The molecule has 0 saturated heterocycles. The van der Waals surface area contributed by atoms with E-state index in [1.165, 1.54) is 67.8 Å². The molecule has 0 spiro atoms. The SMILES string of the molecule is CO[C@@H](/C=C/c1ccccc1)C[C@H](CCc1ccc(OC(=O)[C@@](OC)(c2ccccc2)C(F)(F)F)cc1)OC(=O)[C@@](OC)(c1ccccc1)C(F)(F)F. The minimum Gasteiger partial charge on any atom is -0.460 e. The third-order valence-electron chi connectivity index (χ3n) is 8.61. The number of hydrogen-bond donors (Lipinski definition) is 0. The Kier molecular flexibility index (Phi) is 13.6. The van der Waals surface area contributed by atoms with E-state index in [0.29, 0.717) is 5.56 Å². The Morgan fingerprint density at radius 1 is 0.642 bits per heavy atom. The molecule has 0 aliphatic rings. The highest BCUT2D eigenvalue weighted by atomic mass is 19.4. The standard InChI is InChI=1S/C40H38F6O7/c1-49-33(25-21-28-13-7-4-8-14-28)27-34(53-36(48)38(51-3,40(44,45)46)31-17-11-6-12-18-31)26-22-29-19-23-32(24-20-29)52-35(47)37(50-2,39(41,42)43)30-15-9-5-10-16-30/h4-21,23-25,33-34H,22,26-27H2,1-3H3/b25-21+/t33-,34-,37-,38-/m0/s1. The summed E-state index contributed by atoms with van der Waals surface area (Å²) in [5.74, 6) is -3.60. The van der Waals surface area contributed by atoms with Gasteiger partial charge in [0.15, 0.2) is 0 Å². The summed E-state index contributed by atoms with van der Waals surface area (Å²) in [6.07, 6.45) is -8.62. The smallest absolute Gasteiger partial charge is 0.432 e. The van der Waals surface area contributed by atoms with Crippen molar-refractivity contribution < 1.29 is 59.6 Å². The first kappa shape index (κ1) is 40.8. The van der Waals surface area contributed by atoms with Gasteiger partial charge in [-0.15, -0.1) is 0 Å². The topological polar surface area (TPSA) is 80.3 Å². The lowest BCUT2D eigenvalue weighted by Crippen LogP contribution is -2.52. The number of benzene rings is 4. The van der Waals surface area contributed by atoms with Crippen LogP contribution < -0.4 is 4.74 Å². The molecule has 0 fully saturated rings. The van der Waals surface area contributed by atoms with Gasteiger partial charge in [0.25, 0.3) is 11.2 Å². The molecule has 4 aromatic carbocycles. The van der Waals surface area contributed by atoms with Gasteiger partial charge in [0.1, 0.15) is 11.9 Å². The highest BCUT2D eigenvalue weighted by Gasteiger charge is 2.65. The number of carbonyl (C=O) groups is 2. The Bertz CT molecular complexity index is 1780. The van der Waals surface area contributed by atoms with E-state index in [-0.39, 0.29) is 25.0 Å². The Labute approximate surface area is 303 Å². The molecule has 0 radical (unpaired) electrons. The van der Waals surface area contributed by atoms with Gasteiger partial charge in [0, 0.05) is 38.9 Å². The summed E-state index contributed by atoms with van der Waals surface area (Å²) in [6, 6.07) is 27.4. The maximum Gasteiger partial charge on any atom is 0.432 e. The van der Waals surface area contributed by atoms with E-state index in [4.69, 9.17) is 23.7 Å². The molecule has 0 bridgehead atoms. The Morgan fingerprint density at radius 2 is 1.11 bits per heavy atom. The molecule has 0 heterocycles. The third-order valence-corrected chi connectivity index (χ3v) is 8.61. The Hall–Kier alpha value is -4.98. The van der Waals surface area contributed by atoms with Gasteiger partial charge in [0.05, 0.1) is 6.10 Å². The highest BCUT2D eigenvalue weighted by Crippen LogP contribution is 2.44. The van der Waals surface area contributed by atoms with Gasteiger partial charge in [-0.3, -0.25) is 0 Å². The number of ether oxygens (including phenoxy) is 5. The number of rotatable bonds is 16. The van der Waals surface area contributed by atoms with E-state index in [1.807, 2.05) is 30.3 Å². The largest absolute Gasteiger partial charge is 0.460 e. The molecule has 4 atom stereocenters. The van der Waals surface area contributed by atoms with E-state index >= 15 is 0 Å². The molecule has 4 aromatic rings. The van der Waals surface area contributed by atoms with Crippen LogP contribution in [0, 0.1) is 0 Å². The fourth-order valence-electron chi connectivity index (χ4n) is 5.76. The van der Waals surface area contributed by atoms with Crippen LogP contribution >= 0.6 is 0 Å². The van der Waals surface area contributed by atoms with E-state index in [0.717, 1.165) is 44.0 Å². The van der Waals surface area contributed by atoms with Crippen molar-refractivity contribution in [3.05, 3.63) is 144 Å². The Balaban J connectivity index is 1.57. The molecule has 0 amide bonds. The minimum absolute atomic E-state index is 0.00518. The summed E-state index contributed by atoms with van der Waals surface area (Å²) in [5.41, 5.74) is -6.37. The molecule has 0 unspecified atom stereocenters. The maximum atomic E-state index is 14.7. The quantitative estimate of drug-likeness (QED) is 0.0645. The monoisotopic (exact) mass is 744 g/mol. The zero-order chi connectivity index (χ0) is 38.7. The Morgan fingerprint density at radius 3 is 1.57 bits per heavy atom. The predicted octanol–water partition coefficient (Wildman–Crippen LogP) is 8.76. The molecule has 53 heavy (non-hydrogen) atoms. The van der Waals surface area contributed by atoms with Crippen molar-refractivity contribution in [3.8, 4) is 5.75 Å². The van der Waals surface area contributed by atoms with Crippen molar-refractivity contribution in [3.63, 3.8) is 0 Å². The van der Waals surface area contributed by atoms with Gasteiger partial charge in [-0.25, -0.2) is 9.59 Å². The minimum atomic E-state index is -5.20. The summed E-state index contributed by atoms with van der Waals surface area (Å²) in [5, 5.41) is 0. The third kappa shape index (κ3) is 9.34. The summed E-state index contributed by atoms with van der Waals surface area (Å²) in [4.78, 5) is 26.6. The number of esters is 2. The number of halogens is 6. The second-order valence-electron chi connectivity index (χ2n) is 11.9. The van der Waals surface area contributed by atoms with Crippen LogP contribution in [-0.2, 0) is 46.2 Å². The number of carbonyl (C=O) groups excluding carboxylic acids is 2.